The average molecular weight is 499 g/mol. The zero-order chi connectivity index (χ0) is 22.7. The number of hydrogen-bond donors (Lipinski definition) is 0. The summed E-state index contributed by atoms with van der Waals surface area (Å²) in [5, 5.41) is 4.79. The van der Waals surface area contributed by atoms with E-state index in [0.29, 0.717) is 12.6 Å². The molecule has 0 atom stereocenters. The first-order valence-electron chi connectivity index (χ1n) is 10.7. The lowest BCUT2D eigenvalue weighted by Crippen LogP contribution is -2.35. The normalized spacial score (nSPS) is 13.8. The summed E-state index contributed by atoms with van der Waals surface area (Å²) in [6.45, 7) is 4.16. The number of methoxy groups -OCH3 is 1. The molecule has 1 fully saturated rings. The number of ether oxygens (including phenoxy) is 3. The van der Waals surface area contributed by atoms with Gasteiger partial charge in [0, 0.05) is 10.0 Å². The third-order valence-electron chi connectivity index (χ3n) is 5.32. The van der Waals surface area contributed by atoms with Crippen LogP contribution in [0.4, 0.5) is 0 Å². The van der Waals surface area contributed by atoms with Gasteiger partial charge in [-0.2, -0.15) is 5.10 Å². The topological polar surface area (TPSA) is 62.6 Å². The standard InChI is InChI=1S/C25H27BrN2O4/c1-25(2,24(29)30-3)31-16-19-14-23(17-8-6-9-21(13-17)32-20-11-12-20)28(27-19)15-18-7-4-5-10-22(18)26/h4-10,13-14,20H,11-12,15-16H2,1-3H3. The summed E-state index contributed by atoms with van der Waals surface area (Å²) in [6, 6.07) is 18.2. The Bertz CT molecular complexity index is 1100. The summed E-state index contributed by atoms with van der Waals surface area (Å²) in [7, 11) is 1.36. The highest BCUT2D eigenvalue weighted by Crippen LogP contribution is 2.31. The maximum absolute atomic E-state index is 12.0. The second-order valence-electron chi connectivity index (χ2n) is 8.41. The van der Waals surface area contributed by atoms with Crippen LogP contribution in [-0.4, -0.2) is 34.6 Å². The van der Waals surface area contributed by atoms with Crippen molar-refractivity contribution in [2.45, 2.75) is 51.5 Å². The first-order valence-corrected chi connectivity index (χ1v) is 11.4. The summed E-state index contributed by atoms with van der Waals surface area (Å²) in [4.78, 5) is 12.0. The van der Waals surface area contributed by atoms with E-state index in [0.717, 1.165) is 45.6 Å². The lowest BCUT2D eigenvalue weighted by atomic mass is 10.1. The molecule has 168 valence electrons. The van der Waals surface area contributed by atoms with Gasteiger partial charge in [-0.25, -0.2) is 4.79 Å². The smallest absolute Gasteiger partial charge is 0.337 e. The van der Waals surface area contributed by atoms with Crippen LogP contribution >= 0.6 is 15.9 Å². The number of esters is 1. The van der Waals surface area contributed by atoms with Gasteiger partial charge in [-0.3, -0.25) is 4.68 Å². The van der Waals surface area contributed by atoms with Crippen molar-refractivity contribution in [1.82, 2.24) is 9.78 Å². The summed E-state index contributed by atoms with van der Waals surface area (Å²) in [6.07, 6.45) is 2.56. The first kappa shape index (κ1) is 22.6. The van der Waals surface area contributed by atoms with Gasteiger partial charge in [-0.05, 0) is 56.5 Å². The van der Waals surface area contributed by atoms with Crippen LogP contribution in [0.3, 0.4) is 0 Å². The minimum absolute atomic E-state index is 0.191. The van der Waals surface area contributed by atoms with E-state index in [1.165, 1.54) is 7.11 Å². The van der Waals surface area contributed by atoms with Crippen molar-refractivity contribution in [2.24, 2.45) is 0 Å². The largest absolute Gasteiger partial charge is 0.490 e. The van der Waals surface area contributed by atoms with Crippen LogP contribution < -0.4 is 4.74 Å². The molecule has 2 aromatic carbocycles. The molecular weight excluding hydrogens is 472 g/mol. The van der Waals surface area contributed by atoms with Crippen LogP contribution in [0, 0.1) is 0 Å². The van der Waals surface area contributed by atoms with Gasteiger partial charge in [0.1, 0.15) is 5.75 Å². The molecule has 1 saturated carbocycles. The zero-order valence-corrected chi connectivity index (χ0v) is 20.1. The third kappa shape index (κ3) is 5.40. The molecule has 0 spiro atoms. The van der Waals surface area contributed by atoms with E-state index < -0.39 is 11.6 Å². The fraction of sp³-hybridized carbons (Fsp3) is 0.360. The Balaban J connectivity index is 1.64. The van der Waals surface area contributed by atoms with E-state index in [-0.39, 0.29) is 6.61 Å². The Labute approximate surface area is 196 Å². The Morgan fingerprint density at radius 2 is 1.94 bits per heavy atom. The average Bonchev–Trinajstić information content (AvgIpc) is 3.50. The Hall–Kier alpha value is -2.64. The van der Waals surface area contributed by atoms with E-state index in [1.54, 1.807) is 13.8 Å². The molecule has 1 aliphatic carbocycles. The van der Waals surface area contributed by atoms with Crippen LogP contribution in [0.5, 0.6) is 5.75 Å². The number of hydrogen-bond acceptors (Lipinski definition) is 5. The van der Waals surface area contributed by atoms with Gasteiger partial charge >= 0.3 is 5.97 Å². The van der Waals surface area contributed by atoms with Crippen molar-refractivity contribution in [3.8, 4) is 17.0 Å². The maximum atomic E-state index is 12.0. The molecule has 3 aromatic rings. The minimum Gasteiger partial charge on any atom is -0.490 e. The molecule has 4 rings (SSSR count). The lowest BCUT2D eigenvalue weighted by Gasteiger charge is -2.21. The van der Waals surface area contributed by atoms with Crippen LogP contribution in [0.25, 0.3) is 11.3 Å². The van der Waals surface area contributed by atoms with E-state index in [2.05, 4.69) is 34.1 Å². The number of benzene rings is 2. The van der Waals surface area contributed by atoms with Crippen LogP contribution in [-0.2, 0) is 27.4 Å². The quantitative estimate of drug-likeness (QED) is 0.371. The van der Waals surface area contributed by atoms with Crippen molar-refractivity contribution in [1.29, 1.82) is 0 Å². The van der Waals surface area contributed by atoms with Gasteiger partial charge in [-0.1, -0.05) is 46.3 Å². The Morgan fingerprint density at radius 3 is 2.66 bits per heavy atom. The van der Waals surface area contributed by atoms with Gasteiger partial charge in [0.15, 0.2) is 5.60 Å². The SMILES string of the molecule is COC(=O)C(C)(C)OCc1cc(-c2cccc(OC3CC3)c2)n(Cc2ccccc2Br)n1. The van der Waals surface area contributed by atoms with Crippen molar-refractivity contribution in [3.05, 3.63) is 70.3 Å². The fourth-order valence-electron chi connectivity index (χ4n) is 3.35. The molecule has 0 N–H and O–H groups in total. The second kappa shape index (κ2) is 9.46. The van der Waals surface area contributed by atoms with Crippen LogP contribution in [0.1, 0.15) is 37.9 Å². The first-order chi connectivity index (χ1) is 15.4. The van der Waals surface area contributed by atoms with Gasteiger partial charge in [0.05, 0.1) is 37.8 Å². The number of rotatable bonds is 9. The monoisotopic (exact) mass is 498 g/mol. The molecule has 0 unspecified atom stereocenters. The molecular formula is C25H27BrN2O4. The number of aromatic nitrogens is 2. The highest BCUT2D eigenvalue weighted by Gasteiger charge is 2.30. The maximum Gasteiger partial charge on any atom is 0.337 e. The van der Waals surface area contributed by atoms with Crippen molar-refractivity contribution in [3.63, 3.8) is 0 Å². The molecule has 0 aliphatic heterocycles. The molecule has 1 aliphatic rings. The molecule has 1 aromatic heterocycles. The minimum atomic E-state index is -1.06. The highest BCUT2D eigenvalue weighted by molar-refractivity contribution is 9.10. The van der Waals surface area contributed by atoms with Crippen molar-refractivity contribution in [2.75, 3.05) is 7.11 Å². The van der Waals surface area contributed by atoms with E-state index in [1.807, 2.05) is 41.1 Å². The molecule has 6 nitrogen and oxygen atoms in total. The Morgan fingerprint density at radius 1 is 1.16 bits per heavy atom. The summed E-state index contributed by atoms with van der Waals surface area (Å²) in [5.74, 6) is 0.443. The second-order valence-corrected chi connectivity index (χ2v) is 9.26. The lowest BCUT2D eigenvalue weighted by molar-refractivity contribution is -0.166. The highest BCUT2D eigenvalue weighted by atomic mass is 79.9. The van der Waals surface area contributed by atoms with Gasteiger partial charge in [0.2, 0.25) is 0 Å². The molecule has 1 heterocycles. The van der Waals surface area contributed by atoms with Crippen molar-refractivity contribution < 1.29 is 19.0 Å². The van der Waals surface area contributed by atoms with Crippen molar-refractivity contribution >= 4 is 21.9 Å². The molecule has 0 amide bonds. The summed E-state index contributed by atoms with van der Waals surface area (Å²) in [5.41, 5.74) is 2.76. The van der Waals surface area contributed by atoms with Gasteiger partial charge in [0.25, 0.3) is 0 Å². The number of nitrogens with zero attached hydrogens (tertiary/aromatic N) is 2. The van der Waals surface area contributed by atoms with E-state index >= 15 is 0 Å². The van der Waals surface area contributed by atoms with Crippen LogP contribution in [0.15, 0.2) is 59.1 Å². The number of carbonyl (C=O) groups excluding carboxylic acids is 1. The molecule has 7 heteroatoms. The van der Waals surface area contributed by atoms with Gasteiger partial charge in [-0.15, -0.1) is 0 Å². The summed E-state index contributed by atoms with van der Waals surface area (Å²) < 4.78 is 19.7. The molecule has 0 radical (unpaired) electrons. The van der Waals surface area contributed by atoms with Gasteiger partial charge < -0.3 is 14.2 Å². The van der Waals surface area contributed by atoms with Crippen LogP contribution in [0.2, 0.25) is 0 Å². The third-order valence-corrected chi connectivity index (χ3v) is 6.10. The van der Waals surface area contributed by atoms with E-state index in [4.69, 9.17) is 19.3 Å². The predicted molar refractivity (Wildman–Crippen MR) is 125 cm³/mol. The predicted octanol–water partition coefficient (Wildman–Crippen LogP) is 5.37. The van der Waals surface area contributed by atoms with E-state index in [9.17, 15) is 4.79 Å². The summed E-state index contributed by atoms with van der Waals surface area (Å²) >= 11 is 3.63. The number of halogens is 1. The number of carbonyl (C=O) groups is 1. The molecule has 32 heavy (non-hydrogen) atoms. The fourth-order valence-corrected chi connectivity index (χ4v) is 3.76. The zero-order valence-electron chi connectivity index (χ0n) is 18.5. The molecule has 0 bridgehead atoms. The Kier molecular flexibility index (Phi) is 6.67. The molecule has 0 saturated heterocycles.